The van der Waals surface area contributed by atoms with Gasteiger partial charge in [-0.1, -0.05) is 0 Å². The van der Waals surface area contributed by atoms with Crippen LogP contribution in [0.4, 0.5) is 0 Å². The van der Waals surface area contributed by atoms with Gasteiger partial charge in [-0.05, 0) is 0 Å². The van der Waals surface area contributed by atoms with Crippen LogP contribution >= 0.6 is 0 Å². The molecule has 0 aromatic heterocycles. The molecule has 0 aromatic rings. The molecule has 17 heavy (non-hydrogen) atoms. The van der Waals surface area contributed by atoms with E-state index in [-0.39, 0.29) is 0 Å². The molecule has 8 nitrogen and oxygen atoms in total. The number of aliphatic hydroxyl groups is 1. The Balaban J connectivity index is 2.83. The molecular formula is C8H13NO7S. The van der Waals surface area contributed by atoms with Crippen molar-refractivity contribution in [3.8, 4) is 0 Å². The molecule has 1 aliphatic heterocycles. The summed E-state index contributed by atoms with van der Waals surface area (Å²) in [4.78, 5) is 22.0. The summed E-state index contributed by atoms with van der Waals surface area (Å²) in [5.41, 5.74) is 0. The molecule has 9 heteroatoms. The normalized spacial score (nSPS) is 27.2. The van der Waals surface area contributed by atoms with Crippen molar-refractivity contribution in [3.05, 3.63) is 0 Å². The predicted molar refractivity (Wildman–Crippen MR) is 55.3 cm³/mol. The third kappa shape index (κ3) is 3.95. The van der Waals surface area contributed by atoms with E-state index >= 15 is 0 Å². The van der Waals surface area contributed by atoms with Crippen LogP contribution in [-0.4, -0.2) is 77.3 Å². The zero-order valence-corrected chi connectivity index (χ0v) is 9.63. The quantitative estimate of drug-likeness (QED) is 0.503. The summed E-state index contributed by atoms with van der Waals surface area (Å²) in [7, 11) is -3.44. The van der Waals surface area contributed by atoms with Crippen molar-refractivity contribution in [2.24, 2.45) is 0 Å². The molecule has 2 atom stereocenters. The van der Waals surface area contributed by atoms with Gasteiger partial charge in [-0.2, -0.15) is 0 Å². The van der Waals surface area contributed by atoms with Crippen LogP contribution < -0.4 is 0 Å². The van der Waals surface area contributed by atoms with E-state index in [2.05, 4.69) is 0 Å². The lowest BCUT2D eigenvalue weighted by Crippen LogP contribution is -2.47. The van der Waals surface area contributed by atoms with E-state index in [1.165, 1.54) is 0 Å². The summed E-state index contributed by atoms with van der Waals surface area (Å²) in [6.45, 7) is -1.24. The number of rotatable bonds is 5. The zero-order valence-electron chi connectivity index (χ0n) is 8.81. The number of sulfone groups is 1. The molecule has 0 amide bonds. The van der Waals surface area contributed by atoms with Crippen molar-refractivity contribution in [2.45, 2.75) is 12.1 Å². The van der Waals surface area contributed by atoms with E-state index in [4.69, 9.17) is 10.2 Å². The highest BCUT2D eigenvalue weighted by Gasteiger charge is 2.41. The van der Waals surface area contributed by atoms with Crippen LogP contribution in [-0.2, 0) is 19.4 Å². The summed E-state index contributed by atoms with van der Waals surface area (Å²) >= 11 is 0. The van der Waals surface area contributed by atoms with Crippen molar-refractivity contribution >= 4 is 21.8 Å². The van der Waals surface area contributed by atoms with E-state index in [1.807, 2.05) is 0 Å². The first-order valence-corrected chi connectivity index (χ1v) is 6.59. The van der Waals surface area contributed by atoms with Gasteiger partial charge in [0.15, 0.2) is 9.84 Å². The number of hydrogen-bond acceptors (Lipinski definition) is 6. The van der Waals surface area contributed by atoms with Gasteiger partial charge in [-0.25, -0.2) is 8.42 Å². The average molecular weight is 267 g/mol. The van der Waals surface area contributed by atoms with Crippen molar-refractivity contribution < 1.29 is 33.3 Å². The lowest BCUT2D eigenvalue weighted by atomic mass is 10.2. The van der Waals surface area contributed by atoms with Gasteiger partial charge in [0.25, 0.3) is 0 Å². The molecule has 1 saturated heterocycles. The van der Waals surface area contributed by atoms with E-state index in [1.54, 1.807) is 0 Å². The molecule has 0 aromatic carbocycles. The Bertz CT molecular complexity index is 402. The average Bonchev–Trinajstić information content (AvgIpc) is 2.36. The van der Waals surface area contributed by atoms with Gasteiger partial charge in [0.2, 0.25) is 0 Å². The van der Waals surface area contributed by atoms with Gasteiger partial charge in [-0.3, -0.25) is 14.5 Å². The van der Waals surface area contributed by atoms with Crippen LogP contribution in [0.5, 0.6) is 0 Å². The number of carboxylic acids is 2. The topological polar surface area (TPSA) is 132 Å². The number of aliphatic hydroxyl groups excluding tert-OH is 1. The van der Waals surface area contributed by atoms with Gasteiger partial charge in [0.05, 0.1) is 36.7 Å². The Kier molecular flexibility index (Phi) is 4.07. The van der Waals surface area contributed by atoms with Crippen molar-refractivity contribution in [1.82, 2.24) is 4.90 Å². The summed E-state index contributed by atoms with van der Waals surface area (Å²) in [6, 6.07) is -0.979. The Morgan fingerprint density at radius 1 is 1.12 bits per heavy atom. The van der Waals surface area contributed by atoms with Crippen LogP contribution in [0, 0.1) is 0 Å². The predicted octanol–water partition coefficient (Wildman–Crippen LogP) is -2.38. The van der Waals surface area contributed by atoms with Crippen molar-refractivity contribution in [1.29, 1.82) is 0 Å². The monoisotopic (exact) mass is 267 g/mol. The molecule has 1 rings (SSSR count). The van der Waals surface area contributed by atoms with Crippen molar-refractivity contribution in [2.75, 3.05) is 24.6 Å². The van der Waals surface area contributed by atoms with Crippen LogP contribution in [0.3, 0.4) is 0 Å². The van der Waals surface area contributed by atoms with Gasteiger partial charge in [-0.15, -0.1) is 0 Å². The zero-order chi connectivity index (χ0) is 13.2. The summed E-state index contributed by atoms with van der Waals surface area (Å²) in [5, 5.41) is 26.7. The highest BCUT2D eigenvalue weighted by Crippen LogP contribution is 2.18. The largest absolute Gasteiger partial charge is 0.480 e. The molecule has 0 spiro atoms. The van der Waals surface area contributed by atoms with Crippen LogP contribution in [0.2, 0.25) is 0 Å². The van der Waals surface area contributed by atoms with Crippen LogP contribution in [0.15, 0.2) is 0 Å². The molecule has 0 aliphatic carbocycles. The highest BCUT2D eigenvalue weighted by atomic mass is 32.2. The summed E-state index contributed by atoms with van der Waals surface area (Å²) < 4.78 is 22.5. The van der Waals surface area contributed by atoms with Gasteiger partial charge in [0, 0.05) is 0 Å². The van der Waals surface area contributed by atoms with Crippen LogP contribution in [0.1, 0.15) is 0 Å². The third-order valence-corrected chi connectivity index (χ3v) is 4.14. The standard InChI is InChI=1S/C8H13NO7S/c10-6-4-17(15,16)3-5(6)9(1-7(11)12)2-8(13)14/h5-6,10H,1-4H2,(H,11,12)(H,13,14)/t5-,6-/m1/s1. The molecule has 3 N–H and O–H groups in total. The minimum atomic E-state index is -3.44. The van der Waals surface area contributed by atoms with E-state index in [0.717, 1.165) is 4.90 Å². The summed E-state index contributed by atoms with van der Waals surface area (Å²) in [5.74, 6) is -3.44. The number of nitrogens with zero attached hydrogens (tertiary/aromatic N) is 1. The minimum absolute atomic E-state index is 0.422. The van der Waals surface area contributed by atoms with Crippen LogP contribution in [0.25, 0.3) is 0 Å². The van der Waals surface area contributed by atoms with Gasteiger partial charge >= 0.3 is 11.9 Å². The van der Waals surface area contributed by atoms with Gasteiger partial charge in [0.1, 0.15) is 0 Å². The maximum atomic E-state index is 11.2. The first-order chi connectivity index (χ1) is 7.71. The highest BCUT2D eigenvalue weighted by molar-refractivity contribution is 7.91. The fraction of sp³-hybridized carbons (Fsp3) is 0.750. The lowest BCUT2D eigenvalue weighted by Gasteiger charge is -2.26. The number of aliphatic carboxylic acids is 2. The molecule has 1 fully saturated rings. The Hall–Kier alpha value is -1.19. The second kappa shape index (κ2) is 4.98. The molecule has 1 heterocycles. The first kappa shape index (κ1) is 13.9. The van der Waals surface area contributed by atoms with E-state index in [0.29, 0.717) is 0 Å². The minimum Gasteiger partial charge on any atom is -0.480 e. The molecule has 0 saturated carbocycles. The Morgan fingerprint density at radius 3 is 1.88 bits per heavy atom. The second-order valence-electron chi connectivity index (χ2n) is 3.90. The lowest BCUT2D eigenvalue weighted by molar-refractivity contribution is -0.143. The Labute approximate surface area is 97.4 Å². The van der Waals surface area contributed by atoms with Gasteiger partial charge < -0.3 is 15.3 Å². The molecule has 0 radical (unpaired) electrons. The first-order valence-electron chi connectivity index (χ1n) is 4.77. The fourth-order valence-corrected chi connectivity index (χ4v) is 3.63. The smallest absolute Gasteiger partial charge is 0.317 e. The number of carbonyl (C=O) groups is 2. The molecule has 0 bridgehead atoms. The summed E-state index contributed by atoms with van der Waals surface area (Å²) in [6.07, 6.45) is -1.25. The maximum absolute atomic E-state index is 11.2. The third-order valence-electron chi connectivity index (χ3n) is 2.44. The molecular weight excluding hydrogens is 254 g/mol. The van der Waals surface area contributed by atoms with E-state index in [9.17, 15) is 23.1 Å². The fourth-order valence-electron chi connectivity index (χ4n) is 1.80. The molecule has 0 unspecified atom stereocenters. The number of hydrogen-bond donors (Lipinski definition) is 3. The second-order valence-corrected chi connectivity index (χ2v) is 6.06. The van der Waals surface area contributed by atoms with E-state index < -0.39 is 58.5 Å². The molecule has 1 aliphatic rings. The maximum Gasteiger partial charge on any atom is 0.317 e. The van der Waals surface area contributed by atoms with Crippen molar-refractivity contribution in [3.63, 3.8) is 0 Å². The SMILES string of the molecule is O=C(O)CN(CC(=O)O)[C@@H]1CS(=O)(=O)C[C@H]1O. The number of carboxylic acid groups (broad SMARTS) is 2. The molecule has 98 valence electrons. The Morgan fingerprint density at radius 2 is 1.59 bits per heavy atom.